The first-order valence-electron chi connectivity index (χ1n) is 3.77. The van der Waals surface area contributed by atoms with Gasteiger partial charge in [0.15, 0.2) is 4.32 Å². The summed E-state index contributed by atoms with van der Waals surface area (Å²) in [5, 5.41) is 1.80. The summed E-state index contributed by atoms with van der Waals surface area (Å²) in [5.41, 5.74) is 0. The lowest BCUT2D eigenvalue weighted by Gasteiger charge is -2.10. The average Bonchev–Trinajstić information content (AvgIpc) is 2.75. The maximum absolute atomic E-state index is 11.7. The summed E-state index contributed by atoms with van der Waals surface area (Å²) in [5.74, 6) is -0.256. The highest BCUT2D eigenvalue weighted by atomic mass is 32.2. The molecule has 2 amide bonds. The Bertz CT molecular complexity index is 383. The van der Waals surface area contributed by atoms with Crippen molar-refractivity contribution in [3.8, 4) is 0 Å². The van der Waals surface area contributed by atoms with E-state index in [1.165, 1.54) is 23.1 Å². The summed E-state index contributed by atoms with van der Waals surface area (Å²) < 4.78 is 0.355. The number of thiophene rings is 1. The standard InChI is InChI=1S/C8H5NO2S3/c10-6-4-14-8(12)9(6)7(11)5-2-1-3-13-5/h1-3H,4H2. The van der Waals surface area contributed by atoms with E-state index in [9.17, 15) is 9.59 Å². The van der Waals surface area contributed by atoms with Crippen LogP contribution in [-0.4, -0.2) is 26.8 Å². The van der Waals surface area contributed by atoms with Crippen LogP contribution in [0.2, 0.25) is 0 Å². The van der Waals surface area contributed by atoms with Gasteiger partial charge < -0.3 is 0 Å². The lowest BCUT2D eigenvalue weighted by Crippen LogP contribution is -2.34. The Morgan fingerprint density at radius 1 is 1.57 bits per heavy atom. The molecule has 0 saturated carbocycles. The van der Waals surface area contributed by atoms with E-state index in [1.807, 2.05) is 0 Å². The minimum Gasteiger partial charge on any atom is -0.273 e. The highest BCUT2D eigenvalue weighted by molar-refractivity contribution is 8.24. The van der Waals surface area contributed by atoms with Gasteiger partial charge in [-0.1, -0.05) is 30.0 Å². The highest BCUT2D eigenvalue weighted by Crippen LogP contribution is 2.23. The van der Waals surface area contributed by atoms with Crippen molar-refractivity contribution in [1.82, 2.24) is 4.90 Å². The summed E-state index contributed by atoms with van der Waals surface area (Å²) in [6.45, 7) is 0. The molecule has 0 aromatic carbocycles. The Hall–Kier alpha value is -0.720. The van der Waals surface area contributed by atoms with E-state index >= 15 is 0 Å². The number of thioether (sulfide) groups is 1. The molecule has 1 fully saturated rings. The number of amides is 2. The van der Waals surface area contributed by atoms with Crippen LogP contribution in [0.3, 0.4) is 0 Å². The summed E-state index contributed by atoms with van der Waals surface area (Å²) in [4.78, 5) is 24.7. The topological polar surface area (TPSA) is 37.4 Å². The predicted octanol–water partition coefficient (Wildman–Crippen LogP) is 1.75. The zero-order valence-corrected chi connectivity index (χ0v) is 9.38. The van der Waals surface area contributed by atoms with Gasteiger partial charge in [0.25, 0.3) is 5.91 Å². The van der Waals surface area contributed by atoms with E-state index in [4.69, 9.17) is 12.2 Å². The largest absolute Gasteiger partial charge is 0.276 e. The number of carbonyl (C=O) groups is 2. The molecule has 0 aliphatic carbocycles. The van der Waals surface area contributed by atoms with E-state index in [0.29, 0.717) is 9.20 Å². The van der Waals surface area contributed by atoms with Crippen molar-refractivity contribution in [2.45, 2.75) is 0 Å². The number of hydrogen-bond acceptors (Lipinski definition) is 5. The SMILES string of the molecule is O=C1CSC(=S)N1C(=O)c1cccs1. The fourth-order valence-electron chi connectivity index (χ4n) is 1.06. The average molecular weight is 243 g/mol. The van der Waals surface area contributed by atoms with Gasteiger partial charge >= 0.3 is 0 Å². The zero-order chi connectivity index (χ0) is 10.1. The number of rotatable bonds is 1. The normalized spacial score (nSPS) is 16.4. The molecule has 0 radical (unpaired) electrons. The van der Waals surface area contributed by atoms with Gasteiger partial charge in [-0.05, 0) is 11.4 Å². The molecule has 1 aromatic heterocycles. The molecule has 0 atom stereocenters. The van der Waals surface area contributed by atoms with Gasteiger partial charge in [-0.2, -0.15) is 0 Å². The second kappa shape index (κ2) is 3.80. The van der Waals surface area contributed by atoms with Gasteiger partial charge in [-0.3, -0.25) is 9.59 Å². The minimum absolute atomic E-state index is 0.224. The maximum Gasteiger partial charge on any atom is 0.276 e. The zero-order valence-electron chi connectivity index (χ0n) is 6.93. The highest BCUT2D eigenvalue weighted by Gasteiger charge is 2.33. The number of nitrogens with zero attached hydrogens (tertiary/aromatic N) is 1. The molecule has 0 bridgehead atoms. The van der Waals surface area contributed by atoms with Crippen molar-refractivity contribution >= 4 is 51.5 Å². The predicted molar refractivity (Wildman–Crippen MR) is 60.6 cm³/mol. The number of imide groups is 1. The molecule has 1 aromatic rings. The van der Waals surface area contributed by atoms with Crippen LogP contribution in [0.5, 0.6) is 0 Å². The van der Waals surface area contributed by atoms with Gasteiger partial charge in [0.1, 0.15) is 0 Å². The van der Waals surface area contributed by atoms with Crippen LogP contribution in [0.25, 0.3) is 0 Å². The van der Waals surface area contributed by atoms with Crippen molar-refractivity contribution < 1.29 is 9.59 Å². The molecule has 0 N–H and O–H groups in total. The van der Waals surface area contributed by atoms with Crippen LogP contribution >= 0.6 is 35.3 Å². The summed E-state index contributed by atoms with van der Waals surface area (Å²) in [6, 6.07) is 3.46. The molecule has 1 aliphatic heterocycles. The molecule has 0 spiro atoms. The van der Waals surface area contributed by atoms with Crippen LogP contribution in [0.15, 0.2) is 17.5 Å². The Kier molecular flexibility index (Phi) is 2.66. The second-order valence-corrected chi connectivity index (χ2v) is 5.12. The molecule has 1 saturated heterocycles. The van der Waals surface area contributed by atoms with Crippen molar-refractivity contribution in [2.24, 2.45) is 0 Å². The molecule has 14 heavy (non-hydrogen) atoms. The Morgan fingerprint density at radius 3 is 2.86 bits per heavy atom. The monoisotopic (exact) mass is 243 g/mol. The van der Waals surface area contributed by atoms with Gasteiger partial charge in [0.2, 0.25) is 5.91 Å². The second-order valence-electron chi connectivity index (χ2n) is 2.57. The number of hydrogen-bond donors (Lipinski definition) is 0. The molecular formula is C8H5NO2S3. The van der Waals surface area contributed by atoms with Crippen LogP contribution in [0.1, 0.15) is 9.67 Å². The smallest absolute Gasteiger partial charge is 0.273 e. The lowest BCUT2D eigenvalue weighted by molar-refractivity contribution is -0.122. The van der Waals surface area contributed by atoms with E-state index in [2.05, 4.69) is 0 Å². The van der Waals surface area contributed by atoms with Crippen molar-refractivity contribution in [1.29, 1.82) is 0 Å². The van der Waals surface area contributed by atoms with Gasteiger partial charge in [0, 0.05) is 0 Å². The first kappa shape index (κ1) is 9.82. The van der Waals surface area contributed by atoms with Gasteiger partial charge in [-0.15, -0.1) is 11.3 Å². The molecule has 3 nitrogen and oxygen atoms in total. The summed E-state index contributed by atoms with van der Waals surface area (Å²) >= 11 is 7.46. The molecule has 2 rings (SSSR count). The minimum atomic E-state index is -0.306. The Morgan fingerprint density at radius 2 is 2.36 bits per heavy atom. The van der Waals surface area contributed by atoms with Gasteiger partial charge in [0.05, 0.1) is 10.6 Å². The quantitative estimate of drug-likeness (QED) is 0.556. The van der Waals surface area contributed by atoms with E-state index < -0.39 is 0 Å². The fraction of sp³-hybridized carbons (Fsp3) is 0.125. The van der Waals surface area contributed by atoms with E-state index in [1.54, 1.807) is 17.5 Å². The summed E-state index contributed by atoms with van der Waals surface area (Å²) in [6.07, 6.45) is 0. The molecular weight excluding hydrogens is 238 g/mol. The van der Waals surface area contributed by atoms with E-state index in [0.717, 1.165) is 4.90 Å². The van der Waals surface area contributed by atoms with Gasteiger partial charge in [-0.25, -0.2) is 4.90 Å². The number of carbonyl (C=O) groups excluding carboxylic acids is 2. The third kappa shape index (κ3) is 1.60. The first-order chi connectivity index (χ1) is 6.70. The molecule has 2 heterocycles. The van der Waals surface area contributed by atoms with Crippen LogP contribution < -0.4 is 0 Å². The maximum atomic E-state index is 11.7. The van der Waals surface area contributed by atoms with Crippen molar-refractivity contribution in [3.05, 3.63) is 22.4 Å². The fourth-order valence-corrected chi connectivity index (χ4v) is 2.77. The lowest BCUT2D eigenvalue weighted by atomic mass is 10.4. The van der Waals surface area contributed by atoms with E-state index in [-0.39, 0.29) is 17.6 Å². The van der Waals surface area contributed by atoms with Crippen molar-refractivity contribution in [2.75, 3.05) is 5.75 Å². The van der Waals surface area contributed by atoms with Crippen LogP contribution in [0.4, 0.5) is 0 Å². The molecule has 72 valence electrons. The molecule has 0 unspecified atom stereocenters. The third-order valence-corrected chi connectivity index (χ3v) is 3.90. The number of thiocarbonyl (C=S) groups is 1. The van der Waals surface area contributed by atoms with Crippen LogP contribution in [-0.2, 0) is 4.79 Å². The third-order valence-electron chi connectivity index (χ3n) is 1.69. The first-order valence-corrected chi connectivity index (χ1v) is 6.05. The molecule has 1 aliphatic rings. The van der Waals surface area contributed by atoms with Crippen molar-refractivity contribution in [3.63, 3.8) is 0 Å². The summed E-state index contributed by atoms with van der Waals surface area (Å²) in [7, 11) is 0. The Balaban J connectivity index is 2.27. The van der Waals surface area contributed by atoms with Crippen LogP contribution in [0, 0.1) is 0 Å². The molecule has 6 heteroatoms. The Labute approximate surface area is 94.1 Å².